The summed E-state index contributed by atoms with van der Waals surface area (Å²) in [6.07, 6.45) is -1.28. The van der Waals surface area contributed by atoms with Crippen molar-refractivity contribution in [1.29, 1.82) is 0 Å². The number of sulfonamides is 1. The first-order chi connectivity index (χ1) is 11.1. The highest BCUT2D eigenvalue weighted by molar-refractivity contribution is 7.89. The maximum atomic E-state index is 12.0. The lowest BCUT2D eigenvalue weighted by Gasteiger charge is -2.20. The van der Waals surface area contributed by atoms with E-state index in [1.165, 1.54) is 24.3 Å². The molecule has 0 spiro atoms. The minimum atomic E-state index is -3.86. The molecule has 0 aromatic heterocycles. The number of nitrogens with one attached hydrogen (secondary N) is 1. The second kappa shape index (κ2) is 6.55. The Balaban J connectivity index is 2.09. The molecule has 1 fully saturated rings. The lowest BCUT2D eigenvalue weighted by Crippen LogP contribution is -2.42. The van der Waals surface area contributed by atoms with E-state index < -0.39 is 53.1 Å². The minimum absolute atomic E-state index is 0.134. The minimum Gasteiger partial charge on any atom is -0.481 e. The van der Waals surface area contributed by atoms with Crippen LogP contribution >= 0.6 is 0 Å². The first kappa shape index (κ1) is 17.8. The van der Waals surface area contributed by atoms with Gasteiger partial charge in [-0.2, -0.15) is 0 Å². The number of primary sulfonamides is 1. The molecule has 1 amide bonds. The van der Waals surface area contributed by atoms with E-state index in [0.717, 1.165) is 0 Å². The van der Waals surface area contributed by atoms with Crippen LogP contribution in [-0.2, 0) is 33.9 Å². The van der Waals surface area contributed by atoms with Crippen molar-refractivity contribution in [2.75, 3.05) is 12.1 Å². The molecule has 1 aliphatic rings. The molecule has 0 radical (unpaired) electrons. The van der Waals surface area contributed by atoms with Crippen LogP contribution in [0.1, 0.15) is 12.8 Å². The van der Waals surface area contributed by atoms with Gasteiger partial charge < -0.3 is 19.9 Å². The number of carbonyl (C=O) groups is 3. The van der Waals surface area contributed by atoms with Crippen molar-refractivity contribution < 1.29 is 37.4 Å². The topological polar surface area (TPSA) is 162 Å². The Morgan fingerprint density at radius 2 is 1.88 bits per heavy atom. The largest absolute Gasteiger partial charge is 0.481 e. The van der Waals surface area contributed by atoms with Gasteiger partial charge in [-0.15, -0.1) is 0 Å². The molecule has 1 atom stereocenters. The fourth-order valence-electron chi connectivity index (χ4n) is 2.13. The van der Waals surface area contributed by atoms with Crippen molar-refractivity contribution in [3.05, 3.63) is 24.3 Å². The van der Waals surface area contributed by atoms with E-state index in [2.05, 4.69) is 10.1 Å². The summed E-state index contributed by atoms with van der Waals surface area (Å²) in [5.41, 5.74) is -1.64. The van der Waals surface area contributed by atoms with Gasteiger partial charge in [-0.1, -0.05) is 0 Å². The van der Waals surface area contributed by atoms with Gasteiger partial charge in [0, 0.05) is 5.69 Å². The van der Waals surface area contributed by atoms with Crippen LogP contribution in [-0.4, -0.2) is 43.8 Å². The van der Waals surface area contributed by atoms with Crippen molar-refractivity contribution in [3.63, 3.8) is 0 Å². The van der Waals surface area contributed by atoms with Crippen LogP contribution in [0.25, 0.3) is 0 Å². The van der Waals surface area contributed by atoms with E-state index in [1.54, 1.807) is 0 Å². The average molecular weight is 358 g/mol. The van der Waals surface area contributed by atoms with Gasteiger partial charge in [0.15, 0.2) is 12.4 Å². The highest BCUT2D eigenvalue weighted by Gasteiger charge is 2.49. The predicted molar refractivity (Wildman–Crippen MR) is 78.1 cm³/mol. The van der Waals surface area contributed by atoms with E-state index >= 15 is 0 Å². The Morgan fingerprint density at radius 3 is 2.33 bits per heavy atom. The van der Waals surface area contributed by atoms with Crippen LogP contribution in [0.5, 0.6) is 0 Å². The fourth-order valence-corrected chi connectivity index (χ4v) is 2.65. The number of hydrogen-bond acceptors (Lipinski definition) is 7. The summed E-state index contributed by atoms with van der Waals surface area (Å²) in [6, 6.07) is 4.99. The van der Waals surface area contributed by atoms with Crippen LogP contribution in [0.4, 0.5) is 5.69 Å². The molecule has 0 aliphatic carbocycles. The van der Waals surface area contributed by atoms with Crippen LogP contribution in [0, 0.1) is 0 Å². The zero-order valence-corrected chi connectivity index (χ0v) is 13.0. The standard InChI is InChI=1S/C13H14N2O8S/c14-24(20,21)9-3-1-8(2-4-9)15-10(16)5-13(6-11(17)18)12(19)22-7-23-13/h1-4H,5-7H2,(H,15,16)(H,17,18)(H2,14,20,21). The van der Waals surface area contributed by atoms with Gasteiger partial charge in [0.25, 0.3) is 0 Å². The number of benzene rings is 1. The number of amides is 1. The van der Waals surface area contributed by atoms with E-state index in [1.807, 2.05) is 0 Å². The summed E-state index contributed by atoms with van der Waals surface area (Å²) in [6.45, 7) is -0.428. The maximum absolute atomic E-state index is 12.0. The lowest BCUT2D eigenvalue weighted by molar-refractivity contribution is -0.154. The van der Waals surface area contributed by atoms with Crippen molar-refractivity contribution in [1.82, 2.24) is 0 Å². The van der Waals surface area contributed by atoms with Crippen LogP contribution in [0.15, 0.2) is 29.2 Å². The van der Waals surface area contributed by atoms with Crippen molar-refractivity contribution in [2.45, 2.75) is 23.3 Å². The molecule has 11 heteroatoms. The Hall–Kier alpha value is -2.50. The number of ether oxygens (including phenoxy) is 2. The van der Waals surface area contributed by atoms with E-state index in [0.29, 0.717) is 0 Å². The normalized spacial score (nSPS) is 20.5. The highest BCUT2D eigenvalue weighted by atomic mass is 32.2. The Labute approximate surface area is 136 Å². The first-order valence-corrected chi connectivity index (χ1v) is 8.13. The molecule has 1 aromatic carbocycles. The summed E-state index contributed by atoms with van der Waals surface area (Å²) in [5, 5.41) is 16.2. The zero-order chi connectivity index (χ0) is 18.0. The number of carboxylic acid groups (broad SMARTS) is 1. The molecule has 1 heterocycles. The molecule has 1 saturated heterocycles. The van der Waals surface area contributed by atoms with Crippen molar-refractivity contribution in [3.8, 4) is 0 Å². The molecule has 0 bridgehead atoms. The molecular weight excluding hydrogens is 344 g/mol. The molecule has 2 rings (SSSR count). The Bertz CT molecular complexity index is 774. The number of anilines is 1. The van der Waals surface area contributed by atoms with Crippen molar-refractivity contribution in [2.24, 2.45) is 5.14 Å². The Morgan fingerprint density at radius 1 is 1.25 bits per heavy atom. The summed E-state index contributed by atoms with van der Waals surface area (Å²) >= 11 is 0. The molecule has 1 unspecified atom stereocenters. The van der Waals surface area contributed by atoms with E-state index in [4.69, 9.17) is 15.0 Å². The number of aliphatic carboxylic acids is 1. The molecule has 1 aromatic rings. The number of esters is 1. The van der Waals surface area contributed by atoms with Gasteiger partial charge >= 0.3 is 11.9 Å². The molecular formula is C13H14N2O8S. The number of hydrogen-bond donors (Lipinski definition) is 3. The summed E-state index contributed by atoms with van der Waals surface area (Å²) < 4.78 is 31.9. The summed E-state index contributed by atoms with van der Waals surface area (Å²) in [7, 11) is -3.86. The van der Waals surface area contributed by atoms with Gasteiger partial charge in [0.2, 0.25) is 15.9 Å². The molecule has 0 saturated carbocycles. The number of cyclic esters (lactones) is 1. The van der Waals surface area contributed by atoms with Crippen LogP contribution in [0.3, 0.4) is 0 Å². The fraction of sp³-hybridized carbons (Fsp3) is 0.308. The first-order valence-electron chi connectivity index (χ1n) is 6.58. The number of rotatable bonds is 6. The number of nitrogens with two attached hydrogens (primary N) is 1. The smallest absolute Gasteiger partial charge is 0.341 e. The highest BCUT2D eigenvalue weighted by Crippen LogP contribution is 2.28. The average Bonchev–Trinajstić information content (AvgIpc) is 2.78. The van der Waals surface area contributed by atoms with E-state index in [-0.39, 0.29) is 10.6 Å². The SMILES string of the molecule is NS(=O)(=O)c1ccc(NC(=O)CC2(CC(=O)O)OCOC2=O)cc1. The second-order valence-electron chi connectivity index (χ2n) is 5.05. The Kier molecular flexibility index (Phi) is 4.87. The number of carbonyl (C=O) groups excluding carboxylic acids is 2. The van der Waals surface area contributed by atoms with Gasteiger partial charge in [-0.3, -0.25) is 9.59 Å². The predicted octanol–water partition coefficient (Wildman–Crippen LogP) is -0.593. The summed E-state index contributed by atoms with van der Waals surface area (Å²) in [5.74, 6) is -2.94. The third kappa shape index (κ3) is 4.07. The monoisotopic (exact) mass is 358 g/mol. The van der Waals surface area contributed by atoms with E-state index in [9.17, 15) is 22.8 Å². The second-order valence-corrected chi connectivity index (χ2v) is 6.61. The van der Waals surface area contributed by atoms with Gasteiger partial charge in [0.05, 0.1) is 17.7 Å². The van der Waals surface area contributed by atoms with Gasteiger partial charge in [-0.05, 0) is 24.3 Å². The van der Waals surface area contributed by atoms with Crippen molar-refractivity contribution >= 4 is 33.6 Å². The molecule has 10 nitrogen and oxygen atoms in total. The van der Waals surface area contributed by atoms with Gasteiger partial charge in [-0.25, -0.2) is 18.4 Å². The third-order valence-electron chi connectivity index (χ3n) is 3.25. The van der Waals surface area contributed by atoms with Crippen LogP contribution in [0.2, 0.25) is 0 Å². The third-order valence-corrected chi connectivity index (χ3v) is 4.18. The number of carboxylic acids is 1. The maximum Gasteiger partial charge on any atom is 0.341 e. The lowest BCUT2D eigenvalue weighted by atomic mass is 9.95. The molecule has 24 heavy (non-hydrogen) atoms. The van der Waals surface area contributed by atoms with Gasteiger partial charge in [0.1, 0.15) is 0 Å². The van der Waals surface area contributed by atoms with Crippen LogP contribution < -0.4 is 10.5 Å². The molecule has 130 valence electrons. The molecule has 1 aliphatic heterocycles. The zero-order valence-electron chi connectivity index (χ0n) is 12.2. The quantitative estimate of drug-likeness (QED) is 0.568. The summed E-state index contributed by atoms with van der Waals surface area (Å²) in [4.78, 5) is 34.5. The molecule has 4 N–H and O–H groups in total.